The number of hydrogen-bond donors (Lipinski definition) is 3. The van der Waals surface area contributed by atoms with Gasteiger partial charge < -0.3 is 24.8 Å². The Kier molecular flexibility index (Phi) is 4.10. The number of fused-ring (bicyclic) bond motifs is 1. The van der Waals surface area contributed by atoms with Gasteiger partial charge in [-0.3, -0.25) is 4.57 Å². The van der Waals surface area contributed by atoms with E-state index in [2.05, 4.69) is 15.0 Å². The van der Waals surface area contributed by atoms with Gasteiger partial charge in [-0.2, -0.15) is 9.97 Å². The molecule has 1 aliphatic rings. The number of aromatic nitrogens is 4. The van der Waals surface area contributed by atoms with Gasteiger partial charge in [0.15, 0.2) is 10.8 Å². The lowest BCUT2D eigenvalue weighted by molar-refractivity contribution is 0.0281. The molecular weight excluding hydrogens is 345 g/mol. The average molecular weight is 362 g/mol. The number of nitrogens with two attached hydrogens (primary N) is 1. The van der Waals surface area contributed by atoms with Crippen molar-refractivity contribution in [1.29, 1.82) is 0 Å². The van der Waals surface area contributed by atoms with E-state index in [1.807, 2.05) is 6.92 Å². The molecule has 1 saturated carbocycles. The largest absolute Gasteiger partial charge is 0.368 e. The van der Waals surface area contributed by atoms with Crippen LogP contribution in [0.4, 0.5) is 5.95 Å². The van der Waals surface area contributed by atoms with E-state index >= 15 is 0 Å². The minimum atomic E-state index is -4.23. The number of hydrogen-bond acceptors (Lipinski definition) is 6. The van der Waals surface area contributed by atoms with Crippen LogP contribution >= 0.6 is 19.2 Å². The Morgan fingerprint density at radius 3 is 2.91 bits per heavy atom. The number of nitrogen functional groups attached to an aromatic ring is 1. The van der Waals surface area contributed by atoms with Gasteiger partial charge in [0.1, 0.15) is 11.9 Å². The molecule has 2 aromatic rings. The van der Waals surface area contributed by atoms with E-state index in [1.165, 1.54) is 0 Å². The molecule has 0 amide bonds. The van der Waals surface area contributed by atoms with Crippen molar-refractivity contribution in [2.45, 2.75) is 31.9 Å². The molecule has 0 unspecified atom stereocenters. The third-order valence-electron chi connectivity index (χ3n) is 4.07. The molecule has 1 aliphatic carbocycles. The van der Waals surface area contributed by atoms with Crippen molar-refractivity contribution < 1.29 is 19.1 Å². The highest BCUT2D eigenvalue weighted by atomic mass is 35.5. The second-order valence-electron chi connectivity index (χ2n) is 5.73. The Bertz CT molecular complexity index is 793. The molecule has 0 bridgehead atoms. The summed E-state index contributed by atoms with van der Waals surface area (Å²) in [7, 11) is -4.23. The van der Waals surface area contributed by atoms with Crippen molar-refractivity contribution in [2.75, 3.05) is 12.1 Å². The Balaban J connectivity index is 1.88. The van der Waals surface area contributed by atoms with E-state index in [4.69, 9.17) is 31.9 Å². The smallest absolute Gasteiger partial charge is 0.351 e. The van der Waals surface area contributed by atoms with Gasteiger partial charge in [-0.1, -0.05) is 24.9 Å². The van der Waals surface area contributed by atoms with E-state index < -0.39 is 19.5 Å². The second-order valence-corrected chi connectivity index (χ2v) is 7.68. The monoisotopic (exact) mass is 361 g/mol. The van der Waals surface area contributed by atoms with E-state index in [0.717, 1.165) is 12.8 Å². The summed E-state index contributed by atoms with van der Waals surface area (Å²) in [6, 6.07) is 0. The molecule has 0 saturated heterocycles. The molecule has 11 heteroatoms. The van der Waals surface area contributed by atoms with Gasteiger partial charge in [0.05, 0.1) is 18.5 Å². The van der Waals surface area contributed by atoms with Gasteiger partial charge in [0.2, 0.25) is 5.95 Å². The molecule has 4 N–H and O–H groups in total. The van der Waals surface area contributed by atoms with Crippen LogP contribution in [0, 0.1) is 5.92 Å². The zero-order chi connectivity index (χ0) is 16.8. The van der Waals surface area contributed by atoms with Crippen LogP contribution in [-0.2, 0) is 15.8 Å². The molecule has 0 aromatic carbocycles. The van der Waals surface area contributed by atoms with Gasteiger partial charge in [-0.15, -0.1) is 0 Å². The first kappa shape index (κ1) is 16.6. The lowest BCUT2D eigenvalue weighted by atomic mass is 10.2. The van der Waals surface area contributed by atoms with Crippen LogP contribution in [-0.4, -0.2) is 41.3 Å². The maximum atomic E-state index is 11.1. The third-order valence-corrected chi connectivity index (χ3v) is 4.79. The Morgan fingerprint density at radius 2 is 2.30 bits per heavy atom. The first-order chi connectivity index (χ1) is 10.7. The van der Waals surface area contributed by atoms with Crippen LogP contribution in [0.5, 0.6) is 0 Å². The van der Waals surface area contributed by atoms with Crippen molar-refractivity contribution in [3.05, 3.63) is 11.5 Å². The van der Waals surface area contributed by atoms with Gasteiger partial charge in [-0.05, 0) is 12.3 Å². The van der Waals surface area contributed by atoms with Crippen molar-refractivity contribution >= 4 is 36.3 Å². The number of anilines is 1. The highest BCUT2D eigenvalue weighted by molar-refractivity contribution is 7.51. The molecule has 2 atom stereocenters. The molecule has 0 spiro atoms. The van der Waals surface area contributed by atoms with Crippen LogP contribution in [0.1, 0.15) is 19.8 Å². The van der Waals surface area contributed by atoms with E-state index in [9.17, 15) is 4.57 Å². The highest BCUT2D eigenvalue weighted by Crippen LogP contribution is 2.52. The topological polar surface area (TPSA) is 136 Å². The molecule has 0 aliphatic heterocycles. The van der Waals surface area contributed by atoms with E-state index in [1.54, 1.807) is 10.9 Å². The lowest BCUT2D eigenvalue weighted by Crippen LogP contribution is -2.25. The standard InChI is InChI=1S/C12H17ClN5O4P/c1-2-7-3-12(7,22-6-23(19,20)21)4-18-5-15-8-9(13)16-11(14)17-10(8)18/h5,7H,2-4,6H2,1H3,(H2,14,16,17)(H2,19,20,21)/t7-,12+/m1/s1. The Labute approximate surface area is 137 Å². The number of halogens is 1. The summed E-state index contributed by atoms with van der Waals surface area (Å²) in [4.78, 5) is 30.3. The lowest BCUT2D eigenvalue weighted by Gasteiger charge is -2.20. The SMILES string of the molecule is CC[C@@H]1C[C@@]1(Cn1cnc2c(Cl)nc(N)nc21)OCP(=O)(O)O. The minimum Gasteiger partial charge on any atom is -0.368 e. The molecule has 0 radical (unpaired) electrons. The summed E-state index contributed by atoms with van der Waals surface area (Å²) in [6.07, 6.45) is 2.52. The van der Waals surface area contributed by atoms with Crippen LogP contribution in [0.2, 0.25) is 5.15 Å². The van der Waals surface area contributed by atoms with Crippen LogP contribution < -0.4 is 5.73 Å². The first-order valence-corrected chi connectivity index (χ1v) is 9.24. The van der Waals surface area contributed by atoms with Crippen LogP contribution in [0.25, 0.3) is 11.2 Å². The molecule has 23 heavy (non-hydrogen) atoms. The predicted octanol–water partition coefficient (Wildman–Crippen LogP) is 1.38. The summed E-state index contributed by atoms with van der Waals surface area (Å²) in [5.41, 5.74) is 5.90. The summed E-state index contributed by atoms with van der Waals surface area (Å²) in [6.45, 7) is 2.38. The average Bonchev–Trinajstić information content (AvgIpc) is 3.01. The maximum absolute atomic E-state index is 11.1. The summed E-state index contributed by atoms with van der Waals surface area (Å²) in [5.74, 6) is 0.262. The van der Waals surface area contributed by atoms with Crippen molar-refractivity contribution in [3.63, 3.8) is 0 Å². The molecule has 9 nitrogen and oxygen atoms in total. The fourth-order valence-electron chi connectivity index (χ4n) is 2.83. The van der Waals surface area contributed by atoms with Crippen LogP contribution in [0.3, 0.4) is 0 Å². The normalized spacial score (nSPS) is 24.3. The van der Waals surface area contributed by atoms with E-state index in [-0.39, 0.29) is 17.0 Å². The first-order valence-electron chi connectivity index (χ1n) is 7.06. The van der Waals surface area contributed by atoms with Crippen molar-refractivity contribution in [2.24, 2.45) is 5.92 Å². The molecule has 2 heterocycles. The fraction of sp³-hybridized carbons (Fsp3) is 0.583. The summed E-state index contributed by atoms with van der Waals surface area (Å²) < 4.78 is 18.4. The zero-order valence-corrected chi connectivity index (χ0v) is 14.0. The zero-order valence-electron chi connectivity index (χ0n) is 12.4. The van der Waals surface area contributed by atoms with Crippen molar-refractivity contribution in [3.8, 4) is 0 Å². The predicted molar refractivity (Wildman–Crippen MR) is 83.9 cm³/mol. The highest BCUT2D eigenvalue weighted by Gasteiger charge is 2.55. The number of rotatable bonds is 6. The third kappa shape index (κ3) is 3.34. The molecule has 1 fully saturated rings. The second kappa shape index (κ2) is 5.68. The molecule has 3 rings (SSSR count). The van der Waals surface area contributed by atoms with Gasteiger partial charge in [0.25, 0.3) is 0 Å². The number of nitrogens with zero attached hydrogens (tertiary/aromatic N) is 4. The number of imidazole rings is 1. The van der Waals surface area contributed by atoms with Gasteiger partial charge in [-0.25, -0.2) is 4.98 Å². The number of ether oxygens (including phenoxy) is 1. The fourth-order valence-corrected chi connectivity index (χ4v) is 3.48. The van der Waals surface area contributed by atoms with Gasteiger partial charge >= 0.3 is 7.60 Å². The van der Waals surface area contributed by atoms with Crippen molar-refractivity contribution in [1.82, 2.24) is 19.5 Å². The molecular formula is C12H17ClN5O4P. The Morgan fingerprint density at radius 1 is 1.57 bits per heavy atom. The summed E-state index contributed by atoms with van der Waals surface area (Å²) >= 11 is 6.00. The van der Waals surface area contributed by atoms with Crippen LogP contribution in [0.15, 0.2) is 6.33 Å². The quantitative estimate of drug-likeness (QED) is 0.518. The summed E-state index contributed by atoms with van der Waals surface area (Å²) in [5, 5.41) is 0.166. The molecule has 2 aromatic heterocycles. The van der Waals surface area contributed by atoms with E-state index in [0.29, 0.717) is 17.7 Å². The Hall–Kier alpha value is -1.25. The maximum Gasteiger partial charge on any atom is 0.351 e. The molecule has 126 valence electrons. The minimum absolute atomic E-state index is 0.0391. The van der Waals surface area contributed by atoms with Gasteiger partial charge in [0, 0.05) is 0 Å².